The van der Waals surface area contributed by atoms with Crippen LogP contribution in [0.5, 0.6) is 5.75 Å². The van der Waals surface area contributed by atoms with Crippen LogP contribution >= 0.6 is 0 Å². The zero-order valence-electron chi connectivity index (χ0n) is 12.9. The average Bonchev–Trinajstić information content (AvgIpc) is 2.94. The van der Waals surface area contributed by atoms with Crippen LogP contribution in [0, 0.1) is 0 Å². The van der Waals surface area contributed by atoms with Crippen molar-refractivity contribution in [3.8, 4) is 11.4 Å². The van der Waals surface area contributed by atoms with Crippen LogP contribution in [-0.4, -0.2) is 60.6 Å². The number of hydrogen-bond acceptors (Lipinski definition) is 6. The summed E-state index contributed by atoms with van der Waals surface area (Å²) in [6, 6.07) is 7.16. The highest BCUT2D eigenvalue weighted by atomic mass is 32.2. The van der Waals surface area contributed by atoms with Crippen LogP contribution in [0.2, 0.25) is 0 Å². The molecule has 0 unspecified atom stereocenters. The zero-order chi connectivity index (χ0) is 17.0. The number of likely N-dealkylation sites (N-methyl/N-ethyl adjacent to an activating group) is 1. The van der Waals surface area contributed by atoms with Gasteiger partial charge in [-0.15, -0.1) is 5.10 Å². The molecule has 0 fully saturated rings. The summed E-state index contributed by atoms with van der Waals surface area (Å²) in [6.45, 7) is -0.301. The van der Waals surface area contributed by atoms with Crippen molar-refractivity contribution in [2.75, 3.05) is 32.3 Å². The molecule has 0 aliphatic rings. The van der Waals surface area contributed by atoms with Crippen molar-refractivity contribution < 1.29 is 17.9 Å². The van der Waals surface area contributed by atoms with E-state index in [1.165, 1.54) is 17.9 Å². The lowest BCUT2D eigenvalue weighted by Crippen LogP contribution is -2.34. The van der Waals surface area contributed by atoms with Crippen LogP contribution in [0.3, 0.4) is 0 Å². The predicted molar refractivity (Wildman–Crippen MR) is 84.0 cm³/mol. The van der Waals surface area contributed by atoms with E-state index in [2.05, 4.69) is 15.6 Å². The largest absolute Gasteiger partial charge is 0.497 e. The second-order valence-electron chi connectivity index (χ2n) is 4.82. The van der Waals surface area contributed by atoms with Gasteiger partial charge in [-0.2, -0.15) is 4.31 Å². The van der Waals surface area contributed by atoms with Gasteiger partial charge in [0, 0.05) is 13.1 Å². The number of carbonyl (C=O) groups is 1. The number of rotatable bonds is 6. The highest BCUT2D eigenvalue weighted by Crippen LogP contribution is 2.16. The Labute approximate surface area is 133 Å². The summed E-state index contributed by atoms with van der Waals surface area (Å²) >= 11 is 0. The number of nitrogens with one attached hydrogen (secondary N) is 1. The van der Waals surface area contributed by atoms with Crippen LogP contribution in [0.15, 0.2) is 30.5 Å². The van der Waals surface area contributed by atoms with E-state index in [-0.39, 0.29) is 12.4 Å². The lowest BCUT2D eigenvalue weighted by molar-refractivity contribution is -0.116. The number of hydrogen-bond donors (Lipinski definition) is 1. The number of methoxy groups -OCH3 is 1. The van der Waals surface area contributed by atoms with Gasteiger partial charge in [-0.1, -0.05) is 11.3 Å². The van der Waals surface area contributed by atoms with E-state index in [1.807, 2.05) is 0 Å². The molecule has 0 saturated carbocycles. The topological polar surface area (TPSA) is 106 Å². The molecule has 9 nitrogen and oxygen atoms in total. The van der Waals surface area contributed by atoms with E-state index in [9.17, 15) is 13.2 Å². The molecule has 1 amide bonds. The number of sulfonamides is 1. The Morgan fingerprint density at radius 3 is 2.83 bits per heavy atom. The first kappa shape index (κ1) is 16.9. The van der Waals surface area contributed by atoms with Crippen molar-refractivity contribution in [1.29, 1.82) is 0 Å². The fourth-order valence-corrected chi connectivity index (χ4v) is 2.05. The summed E-state index contributed by atoms with van der Waals surface area (Å²) in [4.78, 5) is 11.8. The minimum absolute atomic E-state index is 0.222. The first-order chi connectivity index (χ1) is 10.8. The summed E-state index contributed by atoms with van der Waals surface area (Å²) in [5, 5.41) is 10.2. The molecule has 124 valence electrons. The molecule has 23 heavy (non-hydrogen) atoms. The molecule has 0 saturated heterocycles. The molecular formula is C13H17N5O4S. The molecule has 1 aromatic carbocycles. The monoisotopic (exact) mass is 339 g/mol. The average molecular weight is 339 g/mol. The summed E-state index contributed by atoms with van der Waals surface area (Å²) in [5.74, 6) is 0.383. The van der Waals surface area contributed by atoms with Crippen LogP contribution in [-0.2, 0) is 14.8 Å². The molecule has 0 bridgehead atoms. The molecule has 2 rings (SSSR count). The molecule has 0 spiro atoms. The standard InChI is InChI=1S/C13H17N5O4S/c1-17(23(3,20)21)9-13(19)14-12-8-18(16-15-12)10-5-4-6-11(7-10)22-2/h4-8H,9H2,1-3H3,(H,14,19). The smallest absolute Gasteiger partial charge is 0.240 e. The molecule has 1 heterocycles. The van der Waals surface area contributed by atoms with Crippen LogP contribution in [0.1, 0.15) is 0 Å². The molecule has 0 atom stereocenters. The van der Waals surface area contributed by atoms with Gasteiger partial charge in [-0.3, -0.25) is 4.79 Å². The summed E-state index contributed by atoms with van der Waals surface area (Å²) in [5.41, 5.74) is 0.714. The maximum atomic E-state index is 11.8. The van der Waals surface area contributed by atoms with E-state index >= 15 is 0 Å². The van der Waals surface area contributed by atoms with Gasteiger partial charge in [0.05, 0.1) is 31.8 Å². The lowest BCUT2D eigenvalue weighted by atomic mass is 10.3. The van der Waals surface area contributed by atoms with Crippen molar-refractivity contribution in [3.63, 3.8) is 0 Å². The number of amides is 1. The first-order valence-electron chi connectivity index (χ1n) is 6.57. The SMILES string of the molecule is COc1cccc(-n2cc(NC(=O)CN(C)S(C)(=O)=O)nn2)c1. The van der Waals surface area contributed by atoms with Gasteiger partial charge < -0.3 is 10.1 Å². The summed E-state index contributed by atoms with van der Waals surface area (Å²) in [7, 11) is -0.537. The quantitative estimate of drug-likeness (QED) is 0.800. The fourth-order valence-electron chi connectivity index (χ4n) is 1.70. The number of carbonyl (C=O) groups excluding carboxylic acids is 1. The zero-order valence-corrected chi connectivity index (χ0v) is 13.7. The number of anilines is 1. The number of nitrogens with zero attached hydrogens (tertiary/aromatic N) is 4. The van der Waals surface area contributed by atoms with Crippen LogP contribution in [0.4, 0.5) is 5.82 Å². The Bertz CT molecular complexity index is 802. The maximum absolute atomic E-state index is 11.8. The van der Waals surface area contributed by atoms with Crippen LogP contribution < -0.4 is 10.1 Å². The van der Waals surface area contributed by atoms with Crippen LogP contribution in [0.25, 0.3) is 5.69 Å². The van der Waals surface area contributed by atoms with Gasteiger partial charge in [0.2, 0.25) is 15.9 Å². The van der Waals surface area contributed by atoms with E-state index in [0.29, 0.717) is 11.4 Å². The van der Waals surface area contributed by atoms with Gasteiger partial charge in [-0.25, -0.2) is 13.1 Å². The Morgan fingerprint density at radius 1 is 1.43 bits per heavy atom. The third-order valence-electron chi connectivity index (χ3n) is 3.01. The Balaban J connectivity index is 2.06. The van der Waals surface area contributed by atoms with Crippen molar-refractivity contribution >= 4 is 21.7 Å². The Kier molecular flexibility index (Phi) is 4.96. The van der Waals surface area contributed by atoms with E-state index in [4.69, 9.17) is 4.74 Å². The highest BCUT2D eigenvalue weighted by Gasteiger charge is 2.16. The third-order valence-corrected chi connectivity index (χ3v) is 4.27. The molecule has 1 aromatic heterocycles. The van der Waals surface area contributed by atoms with Gasteiger partial charge in [-0.05, 0) is 12.1 Å². The van der Waals surface area contributed by atoms with Gasteiger partial charge in [0.1, 0.15) is 5.75 Å². The van der Waals surface area contributed by atoms with E-state index in [0.717, 1.165) is 10.6 Å². The Hall–Kier alpha value is -2.46. The van der Waals surface area contributed by atoms with Crippen molar-refractivity contribution in [2.45, 2.75) is 0 Å². The molecule has 2 aromatic rings. The summed E-state index contributed by atoms with van der Waals surface area (Å²) < 4.78 is 30.1. The van der Waals surface area contributed by atoms with Gasteiger partial charge in [0.15, 0.2) is 5.82 Å². The summed E-state index contributed by atoms with van der Waals surface area (Å²) in [6.07, 6.45) is 2.55. The molecule has 0 aliphatic carbocycles. The second-order valence-corrected chi connectivity index (χ2v) is 6.91. The Morgan fingerprint density at radius 2 is 2.17 bits per heavy atom. The van der Waals surface area contributed by atoms with E-state index < -0.39 is 15.9 Å². The minimum Gasteiger partial charge on any atom is -0.497 e. The highest BCUT2D eigenvalue weighted by molar-refractivity contribution is 7.88. The second kappa shape index (κ2) is 6.75. The third kappa shape index (κ3) is 4.50. The molecule has 0 aliphatic heterocycles. The van der Waals surface area contributed by atoms with Crippen molar-refractivity contribution in [2.24, 2.45) is 0 Å². The normalized spacial score (nSPS) is 11.5. The number of benzene rings is 1. The molecule has 1 N–H and O–H groups in total. The number of aromatic nitrogens is 3. The maximum Gasteiger partial charge on any atom is 0.240 e. The predicted octanol–water partition coefficient (Wildman–Crippen LogP) is 0.106. The number of ether oxygens (including phenoxy) is 1. The minimum atomic E-state index is -3.42. The van der Waals surface area contributed by atoms with E-state index in [1.54, 1.807) is 31.4 Å². The molecule has 0 radical (unpaired) electrons. The van der Waals surface area contributed by atoms with Crippen molar-refractivity contribution in [3.05, 3.63) is 30.5 Å². The van der Waals surface area contributed by atoms with Gasteiger partial charge in [0.25, 0.3) is 0 Å². The van der Waals surface area contributed by atoms with Gasteiger partial charge >= 0.3 is 0 Å². The fraction of sp³-hybridized carbons (Fsp3) is 0.308. The first-order valence-corrected chi connectivity index (χ1v) is 8.42. The van der Waals surface area contributed by atoms with Crippen molar-refractivity contribution in [1.82, 2.24) is 19.3 Å². The molecular weight excluding hydrogens is 322 g/mol. The molecule has 10 heteroatoms. The lowest BCUT2D eigenvalue weighted by Gasteiger charge is -2.12.